The predicted molar refractivity (Wildman–Crippen MR) is 72.0 cm³/mol. The standard InChI is InChI=1S/C13H17F3N4O/c1-3-12(4-2,8-21)18-11-9-7-10(13(14,15)16)19-20(9)6-5-17-11/h5-7,21H,3-4,8H2,1-2H3,(H,17,18). The normalized spacial score (nSPS) is 12.9. The summed E-state index contributed by atoms with van der Waals surface area (Å²) in [5.74, 6) is 0.276. The van der Waals surface area contributed by atoms with E-state index in [2.05, 4.69) is 15.4 Å². The van der Waals surface area contributed by atoms with Gasteiger partial charge in [-0.25, -0.2) is 9.50 Å². The molecule has 0 bridgehead atoms. The quantitative estimate of drug-likeness (QED) is 0.891. The second-order valence-corrected chi connectivity index (χ2v) is 4.90. The molecular formula is C13H17F3N4O. The van der Waals surface area contributed by atoms with Crippen LogP contribution in [0.4, 0.5) is 19.0 Å². The topological polar surface area (TPSA) is 62.5 Å². The van der Waals surface area contributed by atoms with E-state index in [1.807, 2.05) is 13.8 Å². The molecule has 2 N–H and O–H groups in total. The fourth-order valence-electron chi connectivity index (χ4n) is 2.10. The molecular weight excluding hydrogens is 285 g/mol. The lowest BCUT2D eigenvalue weighted by atomic mass is 9.94. The highest BCUT2D eigenvalue weighted by molar-refractivity contribution is 5.68. The molecule has 21 heavy (non-hydrogen) atoms. The zero-order chi connectivity index (χ0) is 15.7. The van der Waals surface area contributed by atoms with Crippen LogP contribution in [-0.4, -0.2) is 31.9 Å². The van der Waals surface area contributed by atoms with E-state index in [1.54, 1.807) is 0 Å². The fourth-order valence-corrected chi connectivity index (χ4v) is 2.10. The van der Waals surface area contributed by atoms with Crippen molar-refractivity contribution in [3.05, 3.63) is 24.2 Å². The third-order valence-corrected chi connectivity index (χ3v) is 3.72. The van der Waals surface area contributed by atoms with Crippen molar-refractivity contribution in [2.45, 2.75) is 38.4 Å². The average Bonchev–Trinajstić information content (AvgIpc) is 2.90. The van der Waals surface area contributed by atoms with E-state index < -0.39 is 17.4 Å². The molecule has 2 rings (SSSR count). The van der Waals surface area contributed by atoms with Gasteiger partial charge in [0.2, 0.25) is 0 Å². The number of aromatic nitrogens is 3. The van der Waals surface area contributed by atoms with Crippen molar-refractivity contribution in [1.29, 1.82) is 0 Å². The molecule has 0 saturated carbocycles. The molecule has 0 aliphatic rings. The van der Waals surface area contributed by atoms with E-state index in [9.17, 15) is 18.3 Å². The van der Waals surface area contributed by atoms with Gasteiger partial charge < -0.3 is 10.4 Å². The highest BCUT2D eigenvalue weighted by Crippen LogP contribution is 2.31. The van der Waals surface area contributed by atoms with Gasteiger partial charge in [0.05, 0.1) is 12.1 Å². The van der Waals surface area contributed by atoms with Gasteiger partial charge in [-0.05, 0) is 12.8 Å². The summed E-state index contributed by atoms with van der Waals surface area (Å²) in [5.41, 5.74) is -1.36. The number of halogens is 3. The highest BCUT2D eigenvalue weighted by Gasteiger charge is 2.35. The van der Waals surface area contributed by atoms with E-state index in [0.29, 0.717) is 12.8 Å². The molecule has 0 fully saturated rings. The summed E-state index contributed by atoms with van der Waals surface area (Å²) in [6, 6.07) is 0.947. The van der Waals surface area contributed by atoms with Gasteiger partial charge in [-0.15, -0.1) is 0 Å². The Balaban J connectivity index is 2.47. The summed E-state index contributed by atoms with van der Waals surface area (Å²) in [4.78, 5) is 4.08. The molecule has 0 spiro atoms. The Morgan fingerprint density at radius 2 is 1.95 bits per heavy atom. The molecule has 0 saturated heterocycles. The number of rotatable bonds is 5. The monoisotopic (exact) mass is 302 g/mol. The van der Waals surface area contributed by atoms with E-state index in [1.165, 1.54) is 12.4 Å². The first-order valence-corrected chi connectivity index (χ1v) is 6.66. The third kappa shape index (κ3) is 2.94. The van der Waals surface area contributed by atoms with Crippen molar-refractivity contribution >= 4 is 11.3 Å². The van der Waals surface area contributed by atoms with Crippen LogP contribution < -0.4 is 5.32 Å². The SMILES string of the molecule is CCC(CC)(CO)Nc1nccn2nc(C(F)(F)F)cc12. The molecule has 0 aliphatic carbocycles. The Morgan fingerprint density at radius 3 is 2.48 bits per heavy atom. The van der Waals surface area contributed by atoms with Gasteiger partial charge in [0.25, 0.3) is 0 Å². The first-order valence-electron chi connectivity index (χ1n) is 6.66. The first kappa shape index (κ1) is 15.6. The summed E-state index contributed by atoms with van der Waals surface area (Å²) in [6.45, 7) is 3.65. The maximum absolute atomic E-state index is 12.7. The summed E-state index contributed by atoms with van der Waals surface area (Å²) >= 11 is 0. The summed E-state index contributed by atoms with van der Waals surface area (Å²) in [6.07, 6.45) is -0.552. The van der Waals surface area contributed by atoms with Crippen LogP contribution in [0.15, 0.2) is 18.5 Å². The van der Waals surface area contributed by atoms with Crippen LogP contribution in [-0.2, 0) is 6.18 Å². The highest BCUT2D eigenvalue weighted by atomic mass is 19.4. The van der Waals surface area contributed by atoms with Crippen molar-refractivity contribution in [2.24, 2.45) is 0 Å². The van der Waals surface area contributed by atoms with Crippen molar-refractivity contribution in [3.8, 4) is 0 Å². The van der Waals surface area contributed by atoms with Crippen LogP contribution in [0.1, 0.15) is 32.4 Å². The Morgan fingerprint density at radius 1 is 1.29 bits per heavy atom. The van der Waals surface area contributed by atoms with Gasteiger partial charge in [0.1, 0.15) is 5.52 Å². The Hall–Kier alpha value is -1.83. The fraction of sp³-hybridized carbons (Fsp3) is 0.538. The van der Waals surface area contributed by atoms with Gasteiger partial charge in [0.15, 0.2) is 11.5 Å². The molecule has 2 heterocycles. The van der Waals surface area contributed by atoms with E-state index >= 15 is 0 Å². The van der Waals surface area contributed by atoms with Crippen molar-refractivity contribution in [2.75, 3.05) is 11.9 Å². The van der Waals surface area contributed by atoms with Gasteiger partial charge in [-0.3, -0.25) is 0 Å². The molecule has 2 aromatic heterocycles. The van der Waals surface area contributed by atoms with E-state index in [4.69, 9.17) is 0 Å². The number of aliphatic hydroxyl groups excluding tert-OH is 1. The van der Waals surface area contributed by atoms with Crippen molar-refractivity contribution in [1.82, 2.24) is 14.6 Å². The smallest absolute Gasteiger partial charge is 0.394 e. The number of nitrogens with one attached hydrogen (secondary N) is 1. The molecule has 0 radical (unpaired) electrons. The first-order chi connectivity index (χ1) is 9.85. The van der Waals surface area contributed by atoms with E-state index in [0.717, 1.165) is 10.6 Å². The number of aliphatic hydroxyl groups is 1. The maximum atomic E-state index is 12.7. The zero-order valence-electron chi connectivity index (χ0n) is 11.8. The molecule has 0 amide bonds. The summed E-state index contributed by atoms with van der Waals surface area (Å²) < 4.78 is 39.3. The second kappa shape index (κ2) is 5.51. The molecule has 5 nitrogen and oxygen atoms in total. The van der Waals surface area contributed by atoms with E-state index in [-0.39, 0.29) is 17.9 Å². The van der Waals surface area contributed by atoms with Crippen LogP contribution in [0, 0.1) is 0 Å². The number of hydrogen-bond acceptors (Lipinski definition) is 4. The maximum Gasteiger partial charge on any atom is 0.435 e. The predicted octanol–water partition coefficient (Wildman–Crippen LogP) is 2.71. The largest absolute Gasteiger partial charge is 0.435 e. The Bertz CT molecular complexity index is 611. The molecule has 8 heteroatoms. The average molecular weight is 302 g/mol. The minimum absolute atomic E-state index is 0.136. The molecule has 0 aliphatic heterocycles. The van der Waals surface area contributed by atoms with Crippen LogP contribution >= 0.6 is 0 Å². The minimum atomic E-state index is -4.51. The number of nitrogens with zero attached hydrogens (tertiary/aromatic N) is 3. The van der Waals surface area contributed by atoms with Crippen LogP contribution in [0.2, 0.25) is 0 Å². The summed E-state index contributed by atoms with van der Waals surface area (Å²) in [5, 5.41) is 16.1. The lowest BCUT2D eigenvalue weighted by molar-refractivity contribution is -0.141. The van der Waals surface area contributed by atoms with Crippen LogP contribution in [0.5, 0.6) is 0 Å². The van der Waals surface area contributed by atoms with Gasteiger partial charge in [0, 0.05) is 18.5 Å². The molecule has 0 unspecified atom stereocenters. The Labute approximate surface area is 119 Å². The number of anilines is 1. The number of hydrogen-bond donors (Lipinski definition) is 2. The zero-order valence-corrected chi connectivity index (χ0v) is 11.8. The van der Waals surface area contributed by atoms with Crippen LogP contribution in [0.3, 0.4) is 0 Å². The third-order valence-electron chi connectivity index (χ3n) is 3.72. The lowest BCUT2D eigenvalue weighted by Crippen LogP contribution is -2.41. The number of alkyl halides is 3. The molecule has 0 atom stereocenters. The molecule has 116 valence electrons. The minimum Gasteiger partial charge on any atom is -0.394 e. The van der Waals surface area contributed by atoms with Crippen molar-refractivity contribution in [3.63, 3.8) is 0 Å². The lowest BCUT2D eigenvalue weighted by Gasteiger charge is -2.31. The summed E-state index contributed by atoms with van der Waals surface area (Å²) in [7, 11) is 0. The number of fused-ring (bicyclic) bond motifs is 1. The molecule has 0 aromatic carbocycles. The van der Waals surface area contributed by atoms with Crippen molar-refractivity contribution < 1.29 is 18.3 Å². The Kier molecular flexibility index (Phi) is 4.08. The van der Waals surface area contributed by atoms with Crippen LogP contribution in [0.25, 0.3) is 5.52 Å². The molecule has 2 aromatic rings. The van der Waals surface area contributed by atoms with Gasteiger partial charge >= 0.3 is 6.18 Å². The van der Waals surface area contributed by atoms with Gasteiger partial charge in [-0.2, -0.15) is 18.3 Å². The van der Waals surface area contributed by atoms with Gasteiger partial charge in [-0.1, -0.05) is 13.8 Å². The second-order valence-electron chi connectivity index (χ2n) is 4.90.